The minimum absolute atomic E-state index is 0.594. The third kappa shape index (κ3) is 1.42. The Morgan fingerprint density at radius 1 is 1.08 bits per heavy atom. The van der Waals surface area contributed by atoms with Crippen molar-refractivity contribution in [2.45, 2.75) is 0 Å². The predicted octanol–water partition coefficient (Wildman–Crippen LogP) is 1.83. The molecule has 1 aromatic carbocycles. The number of ether oxygens (including phenoxy) is 2. The highest BCUT2D eigenvalue weighted by Gasteiger charge is 2.07. The molecule has 2 rings (SSSR count). The van der Waals surface area contributed by atoms with Gasteiger partial charge in [0.25, 0.3) is 0 Å². The molecule has 2 heteroatoms. The van der Waals surface area contributed by atoms with Gasteiger partial charge in [0.1, 0.15) is 13.2 Å². The summed E-state index contributed by atoms with van der Waals surface area (Å²) in [6, 6.07) is 9.83. The lowest BCUT2D eigenvalue weighted by molar-refractivity contribution is 0.112. The van der Waals surface area contributed by atoms with E-state index in [2.05, 4.69) is 6.26 Å². The van der Waals surface area contributed by atoms with E-state index in [1.54, 1.807) is 0 Å². The third-order valence-electron chi connectivity index (χ3n) is 1.63. The fraction of sp³-hybridized carbons (Fsp3) is 0.200. The number of hydrogen-bond donors (Lipinski definition) is 0. The quantitative estimate of drug-likeness (QED) is 0.625. The summed E-state index contributed by atoms with van der Waals surface area (Å²) in [5.41, 5.74) is 1.01. The summed E-state index contributed by atoms with van der Waals surface area (Å²) in [6.07, 6.45) is 2.73. The molecule has 0 saturated carbocycles. The van der Waals surface area contributed by atoms with Gasteiger partial charge < -0.3 is 9.47 Å². The molecule has 0 aromatic heterocycles. The largest absolute Gasteiger partial charge is 0.485 e. The van der Waals surface area contributed by atoms with Crippen molar-refractivity contribution in [2.75, 3.05) is 13.2 Å². The van der Waals surface area contributed by atoms with E-state index in [9.17, 15) is 0 Å². The van der Waals surface area contributed by atoms with Gasteiger partial charge >= 0.3 is 0 Å². The molecule has 1 aliphatic rings. The minimum Gasteiger partial charge on any atom is -0.485 e. The molecule has 0 spiro atoms. The topological polar surface area (TPSA) is 18.5 Å². The van der Waals surface area contributed by atoms with Crippen molar-refractivity contribution in [3.05, 3.63) is 42.2 Å². The van der Waals surface area contributed by atoms with Crippen molar-refractivity contribution in [3.8, 4) is 0 Å². The van der Waals surface area contributed by atoms with Crippen LogP contribution in [-0.4, -0.2) is 13.2 Å². The van der Waals surface area contributed by atoms with E-state index < -0.39 is 0 Å². The van der Waals surface area contributed by atoms with Gasteiger partial charge in [-0.05, 0) is 0 Å². The van der Waals surface area contributed by atoms with Crippen LogP contribution in [-0.2, 0) is 9.47 Å². The first-order chi connectivity index (χ1) is 5.97. The molecule has 2 nitrogen and oxygen atoms in total. The smallest absolute Gasteiger partial charge is 0.208 e. The molecule has 0 atom stereocenters. The molecule has 1 radical (unpaired) electrons. The Morgan fingerprint density at radius 3 is 2.58 bits per heavy atom. The molecular formula is C10H9O2. The maximum atomic E-state index is 5.34. The highest BCUT2D eigenvalue weighted by Crippen LogP contribution is 2.16. The van der Waals surface area contributed by atoms with Gasteiger partial charge in [0.05, 0.1) is 0 Å². The predicted molar refractivity (Wildman–Crippen MR) is 45.0 cm³/mol. The molecule has 1 aliphatic heterocycles. The van der Waals surface area contributed by atoms with Crippen molar-refractivity contribution in [3.63, 3.8) is 0 Å². The molecule has 0 amide bonds. The maximum Gasteiger partial charge on any atom is 0.208 e. The molecule has 0 unspecified atom stereocenters. The third-order valence-corrected chi connectivity index (χ3v) is 1.63. The number of rotatable bonds is 1. The summed E-state index contributed by atoms with van der Waals surface area (Å²) < 4.78 is 10.4. The second-order valence-corrected chi connectivity index (χ2v) is 2.49. The summed E-state index contributed by atoms with van der Waals surface area (Å²) in [7, 11) is 0. The SMILES string of the molecule is [C]1=C(c2ccccc2)OCCO1. The van der Waals surface area contributed by atoms with Crippen LogP contribution in [0.4, 0.5) is 0 Å². The molecule has 1 aromatic rings. The number of hydrogen-bond acceptors (Lipinski definition) is 2. The van der Waals surface area contributed by atoms with Crippen LogP contribution in [0.3, 0.4) is 0 Å². The van der Waals surface area contributed by atoms with Crippen LogP contribution in [0, 0.1) is 6.26 Å². The Kier molecular flexibility index (Phi) is 1.99. The molecule has 0 N–H and O–H groups in total. The molecule has 0 bridgehead atoms. The lowest BCUT2D eigenvalue weighted by atomic mass is 10.2. The molecule has 1 heterocycles. The Morgan fingerprint density at radius 2 is 1.92 bits per heavy atom. The van der Waals surface area contributed by atoms with Gasteiger partial charge in [0.15, 0.2) is 5.76 Å². The molecular weight excluding hydrogens is 152 g/mol. The van der Waals surface area contributed by atoms with Crippen LogP contribution in [0.15, 0.2) is 30.3 Å². The van der Waals surface area contributed by atoms with Crippen molar-refractivity contribution in [1.29, 1.82) is 0 Å². The van der Waals surface area contributed by atoms with Crippen LogP contribution < -0.4 is 0 Å². The Balaban J connectivity index is 2.24. The van der Waals surface area contributed by atoms with E-state index in [0.29, 0.717) is 19.0 Å². The molecule has 0 fully saturated rings. The zero-order valence-electron chi connectivity index (χ0n) is 6.62. The van der Waals surface area contributed by atoms with Gasteiger partial charge in [-0.1, -0.05) is 30.3 Å². The molecule has 0 saturated heterocycles. The lowest BCUT2D eigenvalue weighted by Gasteiger charge is -2.14. The Hall–Kier alpha value is -1.44. The van der Waals surface area contributed by atoms with E-state index in [1.807, 2.05) is 30.3 Å². The molecule has 0 aliphatic carbocycles. The van der Waals surface area contributed by atoms with Gasteiger partial charge in [-0.15, -0.1) is 0 Å². The van der Waals surface area contributed by atoms with Crippen molar-refractivity contribution < 1.29 is 9.47 Å². The van der Waals surface area contributed by atoms with Crippen molar-refractivity contribution >= 4 is 5.76 Å². The fourth-order valence-corrected chi connectivity index (χ4v) is 1.06. The first kappa shape index (κ1) is 7.22. The lowest BCUT2D eigenvalue weighted by Crippen LogP contribution is -2.07. The van der Waals surface area contributed by atoms with Crippen molar-refractivity contribution in [1.82, 2.24) is 0 Å². The highest BCUT2D eigenvalue weighted by atomic mass is 16.6. The average molecular weight is 161 g/mol. The van der Waals surface area contributed by atoms with Crippen molar-refractivity contribution in [2.24, 2.45) is 0 Å². The normalized spacial score (nSPS) is 15.8. The monoisotopic (exact) mass is 161 g/mol. The van der Waals surface area contributed by atoms with E-state index in [1.165, 1.54) is 0 Å². The molecule has 12 heavy (non-hydrogen) atoms. The zero-order chi connectivity index (χ0) is 8.23. The average Bonchev–Trinajstić information content (AvgIpc) is 2.21. The van der Waals surface area contributed by atoms with Gasteiger partial charge in [0, 0.05) is 5.56 Å². The Bertz CT molecular complexity index is 277. The maximum absolute atomic E-state index is 5.34. The van der Waals surface area contributed by atoms with Crippen LogP contribution >= 0.6 is 0 Å². The Labute approximate surface area is 71.4 Å². The first-order valence-electron chi connectivity index (χ1n) is 3.90. The van der Waals surface area contributed by atoms with Crippen LogP contribution in [0.5, 0.6) is 0 Å². The fourth-order valence-electron chi connectivity index (χ4n) is 1.06. The van der Waals surface area contributed by atoms with E-state index in [0.717, 1.165) is 5.56 Å². The first-order valence-corrected chi connectivity index (χ1v) is 3.90. The van der Waals surface area contributed by atoms with Gasteiger partial charge in [-0.2, -0.15) is 0 Å². The standard InChI is InChI=1S/C10H9O2/c1-2-4-9(5-3-1)10-8-11-6-7-12-10/h1-5H,6-7H2. The summed E-state index contributed by atoms with van der Waals surface area (Å²) in [6.45, 7) is 1.20. The van der Waals surface area contributed by atoms with E-state index in [-0.39, 0.29) is 0 Å². The highest BCUT2D eigenvalue weighted by molar-refractivity contribution is 5.57. The van der Waals surface area contributed by atoms with Crippen LogP contribution in [0.25, 0.3) is 5.76 Å². The minimum atomic E-state index is 0.594. The van der Waals surface area contributed by atoms with E-state index in [4.69, 9.17) is 9.47 Å². The summed E-state index contributed by atoms with van der Waals surface area (Å²) >= 11 is 0. The van der Waals surface area contributed by atoms with Gasteiger partial charge in [-0.25, -0.2) is 0 Å². The number of benzene rings is 1. The summed E-state index contributed by atoms with van der Waals surface area (Å²) in [4.78, 5) is 0. The summed E-state index contributed by atoms with van der Waals surface area (Å²) in [5, 5.41) is 0. The van der Waals surface area contributed by atoms with Crippen LogP contribution in [0.1, 0.15) is 5.56 Å². The van der Waals surface area contributed by atoms with E-state index >= 15 is 0 Å². The van der Waals surface area contributed by atoms with Gasteiger partial charge in [0.2, 0.25) is 6.26 Å². The zero-order valence-corrected chi connectivity index (χ0v) is 6.62. The summed E-state index contributed by atoms with van der Waals surface area (Å²) in [5.74, 6) is 0.696. The molecule has 61 valence electrons. The van der Waals surface area contributed by atoms with Gasteiger partial charge in [-0.3, -0.25) is 0 Å². The second kappa shape index (κ2) is 3.30. The second-order valence-electron chi connectivity index (χ2n) is 2.49. The van der Waals surface area contributed by atoms with Crippen LogP contribution in [0.2, 0.25) is 0 Å².